The predicted octanol–water partition coefficient (Wildman–Crippen LogP) is 5.80. The van der Waals surface area contributed by atoms with Crippen molar-refractivity contribution in [3.8, 4) is 11.5 Å². The third-order valence-corrected chi connectivity index (χ3v) is 5.56. The van der Waals surface area contributed by atoms with Gasteiger partial charge in [0, 0.05) is 24.0 Å². The van der Waals surface area contributed by atoms with Crippen molar-refractivity contribution in [2.45, 2.75) is 46.6 Å². The van der Waals surface area contributed by atoms with Crippen molar-refractivity contribution in [2.24, 2.45) is 5.41 Å². The molecule has 0 fully saturated rings. The number of hydrogen-bond acceptors (Lipinski definition) is 5. The molecule has 1 atom stereocenters. The summed E-state index contributed by atoms with van der Waals surface area (Å²) in [5.41, 5.74) is 0.917. The highest BCUT2D eigenvalue weighted by atomic mass is 79.9. The quantitative estimate of drug-likeness (QED) is 0.369. The molecule has 1 unspecified atom stereocenters. The van der Waals surface area contributed by atoms with Gasteiger partial charge in [0.1, 0.15) is 18.1 Å². The minimum Gasteiger partial charge on any atom is -0.492 e. The van der Waals surface area contributed by atoms with Gasteiger partial charge in [-0.2, -0.15) is 0 Å². The highest BCUT2D eigenvalue weighted by Gasteiger charge is 2.20. The third kappa shape index (κ3) is 10.1. The molecule has 0 aromatic heterocycles. The number of hydrogen-bond donors (Lipinski definition) is 1. The summed E-state index contributed by atoms with van der Waals surface area (Å²) < 4.78 is 17.6. The number of rotatable bonds is 12. The summed E-state index contributed by atoms with van der Waals surface area (Å²) >= 11 is 3.37. The largest absolute Gasteiger partial charge is 0.492 e. The summed E-state index contributed by atoms with van der Waals surface area (Å²) in [5, 5.41) is 9.24. The van der Waals surface area contributed by atoms with Crippen LogP contribution in [0.4, 0.5) is 4.79 Å². The molecule has 0 heterocycles. The van der Waals surface area contributed by atoms with Gasteiger partial charge < -0.3 is 24.2 Å². The SMILES string of the molecule is CCOC(Cc1ccc(OCCN(CCC(C)(C)C)C(=O)Oc2ccc(Br)cc2)cc1)C(=O)O. The molecule has 0 aliphatic heterocycles. The Morgan fingerprint density at radius 3 is 2.18 bits per heavy atom. The molecule has 2 aromatic rings. The molecule has 0 aliphatic carbocycles. The first-order chi connectivity index (χ1) is 16.1. The Morgan fingerprint density at radius 2 is 1.62 bits per heavy atom. The van der Waals surface area contributed by atoms with E-state index in [1.807, 2.05) is 24.3 Å². The monoisotopic (exact) mass is 535 g/mol. The number of carbonyl (C=O) groups is 2. The Hall–Kier alpha value is -2.58. The normalized spacial score (nSPS) is 12.1. The maximum Gasteiger partial charge on any atom is 0.415 e. The number of carbonyl (C=O) groups excluding carboxylic acids is 1. The van der Waals surface area contributed by atoms with Crippen LogP contribution in [0.15, 0.2) is 53.0 Å². The molecule has 7 nitrogen and oxygen atoms in total. The fraction of sp³-hybridized carbons (Fsp3) is 0.462. The zero-order chi connectivity index (χ0) is 25.1. The minimum absolute atomic E-state index is 0.0716. The molecule has 0 bridgehead atoms. The average molecular weight is 536 g/mol. The summed E-state index contributed by atoms with van der Waals surface area (Å²) in [6.07, 6.45) is -0.181. The number of aliphatic carboxylic acids is 1. The van der Waals surface area contributed by atoms with Gasteiger partial charge in [0.15, 0.2) is 6.10 Å². The fourth-order valence-electron chi connectivity index (χ4n) is 3.06. The molecule has 0 saturated carbocycles. The summed E-state index contributed by atoms with van der Waals surface area (Å²) in [4.78, 5) is 25.7. The smallest absolute Gasteiger partial charge is 0.415 e. The standard InChI is InChI=1S/C26H34BrNO6/c1-5-32-23(24(29)30)18-19-6-10-21(11-7-19)33-17-16-28(15-14-26(2,3)4)25(31)34-22-12-8-20(27)9-13-22/h6-13,23H,5,14-18H2,1-4H3,(H,29,30). The molecular weight excluding hydrogens is 502 g/mol. The zero-order valence-electron chi connectivity index (χ0n) is 20.3. The van der Waals surface area contributed by atoms with E-state index in [4.69, 9.17) is 14.2 Å². The Morgan fingerprint density at radius 1 is 1.00 bits per heavy atom. The van der Waals surface area contributed by atoms with Crippen molar-refractivity contribution < 1.29 is 28.9 Å². The first-order valence-corrected chi connectivity index (χ1v) is 12.1. The first kappa shape index (κ1) is 27.7. The molecule has 186 valence electrons. The lowest BCUT2D eigenvalue weighted by molar-refractivity contribution is -0.149. The van der Waals surface area contributed by atoms with E-state index in [0.717, 1.165) is 16.5 Å². The molecular formula is C26H34BrNO6. The molecule has 2 aromatic carbocycles. The molecule has 0 aliphatic rings. The van der Waals surface area contributed by atoms with Gasteiger partial charge in [0.25, 0.3) is 0 Å². The number of carboxylic acids is 1. The number of benzene rings is 2. The molecule has 0 spiro atoms. The number of halogens is 1. The Labute approximate surface area is 210 Å². The number of amides is 1. The predicted molar refractivity (Wildman–Crippen MR) is 135 cm³/mol. The molecule has 2 rings (SSSR count). The van der Waals surface area contributed by atoms with E-state index < -0.39 is 18.2 Å². The van der Waals surface area contributed by atoms with Crippen molar-refractivity contribution in [1.29, 1.82) is 0 Å². The molecule has 0 radical (unpaired) electrons. The molecule has 8 heteroatoms. The van der Waals surface area contributed by atoms with Crippen molar-refractivity contribution in [3.05, 3.63) is 58.6 Å². The van der Waals surface area contributed by atoms with Gasteiger partial charge >= 0.3 is 12.1 Å². The molecule has 1 amide bonds. The fourth-order valence-corrected chi connectivity index (χ4v) is 3.33. The van der Waals surface area contributed by atoms with Gasteiger partial charge in [-0.25, -0.2) is 9.59 Å². The van der Waals surface area contributed by atoms with Crippen LogP contribution < -0.4 is 9.47 Å². The highest BCUT2D eigenvalue weighted by Crippen LogP contribution is 2.21. The van der Waals surface area contributed by atoms with Crippen molar-refractivity contribution in [1.82, 2.24) is 4.90 Å². The van der Waals surface area contributed by atoms with Crippen molar-refractivity contribution in [2.75, 3.05) is 26.3 Å². The topological polar surface area (TPSA) is 85.3 Å². The Balaban J connectivity index is 1.93. The van der Waals surface area contributed by atoms with Crippen LogP contribution in [-0.2, 0) is 16.0 Å². The van der Waals surface area contributed by atoms with Crippen LogP contribution in [0.25, 0.3) is 0 Å². The van der Waals surface area contributed by atoms with E-state index in [2.05, 4.69) is 36.7 Å². The Kier molecular flexibility index (Phi) is 10.9. The zero-order valence-corrected chi connectivity index (χ0v) is 21.8. The van der Waals surface area contributed by atoms with E-state index in [-0.39, 0.29) is 11.8 Å². The number of carboxylic acid groups (broad SMARTS) is 1. The summed E-state index contributed by atoms with van der Waals surface area (Å²) in [5.74, 6) is 0.147. The second-order valence-electron chi connectivity index (χ2n) is 9.10. The molecule has 34 heavy (non-hydrogen) atoms. The van der Waals surface area contributed by atoms with Crippen LogP contribution in [0, 0.1) is 5.41 Å². The number of nitrogens with zero attached hydrogens (tertiary/aromatic N) is 1. The van der Waals surface area contributed by atoms with Gasteiger partial charge in [0.05, 0.1) is 6.54 Å². The second-order valence-corrected chi connectivity index (χ2v) is 10.0. The van der Waals surface area contributed by atoms with Gasteiger partial charge in [-0.15, -0.1) is 0 Å². The maximum absolute atomic E-state index is 12.8. The van der Waals surface area contributed by atoms with E-state index in [1.165, 1.54) is 0 Å². The van der Waals surface area contributed by atoms with Gasteiger partial charge in [-0.1, -0.05) is 48.8 Å². The van der Waals surface area contributed by atoms with E-state index in [0.29, 0.717) is 37.8 Å². The van der Waals surface area contributed by atoms with E-state index in [9.17, 15) is 14.7 Å². The van der Waals surface area contributed by atoms with Crippen molar-refractivity contribution in [3.63, 3.8) is 0 Å². The highest BCUT2D eigenvalue weighted by molar-refractivity contribution is 9.10. The van der Waals surface area contributed by atoms with Crippen LogP contribution in [0.5, 0.6) is 11.5 Å². The lowest BCUT2D eigenvalue weighted by Gasteiger charge is -2.26. The molecule has 0 saturated heterocycles. The van der Waals surface area contributed by atoms with Crippen LogP contribution in [0.3, 0.4) is 0 Å². The molecule has 1 N–H and O–H groups in total. The minimum atomic E-state index is -0.979. The van der Waals surface area contributed by atoms with E-state index in [1.54, 1.807) is 36.1 Å². The van der Waals surface area contributed by atoms with Gasteiger partial charge in [-0.3, -0.25) is 0 Å². The van der Waals surface area contributed by atoms with Gasteiger partial charge in [0.2, 0.25) is 0 Å². The lowest BCUT2D eigenvalue weighted by atomic mass is 9.92. The summed E-state index contributed by atoms with van der Waals surface area (Å²) in [6, 6.07) is 14.3. The van der Waals surface area contributed by atoms with Crippen LogP contribution in [0.1, 0.15) is 39.7 Å². The second kappa shape index (κ2) is 13.3. The van der Waals surface area contributed by atoms with E-state index >= 15 is 0 Å². The van der Waals surface area contributed by atoms with Gasteiger partial charge in [-0.05, 0) is 60.7 Å². The lowest BCUT2D eigenvalue weighted by Crippen LogP contribution is -2.38. The van der Waals surface area contributed by atoms with Crippen LogP contribution >= 0.6 is 15.9 Å². The average Bonchev–Trinajstić information content (AvgIpc) is 2.77. The van der Waals surface area contributed by atoms with Crippen molar-refractivity contribution >= 4 is 28.0 Å². The maximum atomic E-state index is 12.8. The van der Waals surface area contributed by atoms with Crippen LogP contribution in [0.2, 0.25) is 0 Å². The van der Waals surface area contributed by atoms with Crippen LogP contribution in [-0.4, -0.2) is 54.5 Å². The third-order valence-electron chi connectivity index (χ3n) is 5.03. The summed E-state index contributed by atoms with van der Waals surface area (Å²) in [7, 11) is 0. The Bertz CT molecular complexity index is 908. The summed E-state index contributed by atoms with van der Waals surface area (Å²) in [6.45, 7) is 9.72. The first-order valence-electron chi connectivity index (χ1n) is 11.4. The number of ether oxygens (including phenoxy) is 3.